The molecule has 0 unspecified atom stereocenters. The van der Waals surface area contributed by atoms with Gasteiger partial charge in [-0.3, -0.25) is 4.98 Å². The molecule has 20 heavy (non-hydrogen) atoms. The molecule has 108 valence electrons. The molecule has 2 heterocycles. The van der Waals surface area contributed by atoms with E-state index in [0.29, 0.717) is 12.3 Å². The zero-order valence-corrected chi connectivity index (χ0v) is 12.2. The first-order valence-electron chi connectivity index (χ1n) is 6.15. The summed E-state index contributed by atoms with van der Waals surface area (Å²) in [7, 11) is -1.87. The maximum absolute atomic E-state index is 12.1. The normalized spacial score (nSPS) is 11.7. The Morgan fingerprint density at radius 1 is 1.25 bits per heavy atom. The van der Waals surface area contributed by atoms with E-state index in [1.807, 2.05) is 6.92 Å². The first-order valence-corrected chi connectivity index (χ1v) is 7.63. The van der Waals surface area contributed by atoms with Crippen molar-refractivity contribution in [2.24, 2.45) is 0 Å². The number of pyridine rings is 1. The van der Waals surface area contributed by atoms with Gasteiger partial charge in [-0.2, -0.15) is 0 Å². The van der Waals surface area contributed by atoms with E-state index in [1.54, 1.807) is 31.6 Å². The highest BCUT2D eigenvalue weighted by atomic mass is 32.2. The molecular formula is C13H17N3O3S. The third kappa shape index (κ3) is 3.44. The minimum atomic E-state index is -3.64. The van der Waals surface area contributed by atoms with E-state index >= 15 is 0 Å². The fourth-order valence-electron chi connectivity index (χ4n) is 1.72. The summed E-state index contributed by atoms with van der Waals surface area (Å²) in [5.41, 5.74) is 1.82. The molecule has 0 spiro atoms. The number of sulfonamides is 1. The Morgan fingerprint density at radius 3 is 2.75 bits per heavy atom. The van der Waals surface area contributed by atoms with E-state index in [9.17, 15) is 8.42 Å². The first-order chi connectivity index (χ1) is 9.53. The number of nitrogens with zero attached hydrogens (tertiary/aromatic N) is 1. The molecular weight excluding hydrogens is 278 g/mol. The first kappa shape index (κ1) is 14.7. The molecule has 2 aromatic rings. The highest BCUT2D eigenvalue weighted by Crippen LogP contribution is 2.14. The molecule has 7 heteroatoms. The highest BCUT2D eigenvalue weighted by Gasteiger charge is 2.18. The van der Waals surface area contributed by atoms with Gasteiger partial charge in [-0.25, -0.2) is 13.1 Å². The Bertz CT molecular complexity index is 680. The molecule has 0 aromatic carbocycles. The molecule has 0 aliphatic carbocycles. The van der Waals surface area contributed by atoms with Crippen LogP contribution in [0.1, 0.15) is 16.9 Å². The van der Waals surface area contributed by atoms with E-state index in [2.05, 4.69) is 15.0 Å². The third-order valence-corrected chi connectivity index (χ3v) is 4.12. The van der Waals surface area contributed by atoms with Crippen LogP contribution < -0.4 is 10.0 Å². The van der Waals surface area contributed by atoms with Gasteiger partial charge in [-0.15, -0.1) is 0 Å². The lowest BCUT2D eigenvalue weighted by molar-refractivity contribution is 0.404. The molecule has 0 amide bonds. The zero-order chi connectivity index (χ0) is 14.6. The largest absolute Gasteiger partial charge is 0.447 e. The Labute approximate surface area is 118 Å². The van der Waals surface area contributed by atoms with Gasteiger partial charge in [0.25, 0.3) is 10.0 Å². The van der Waals surface area contributed by atoms with Crippen molar-refractivity contribution >= 4 is 10.0 Å². The van der Waals surface area contributed by atoms with Crippen LogP contribution >= 0.6 is 0 Å². The van der Waals surface area contributed by atoms with Crippen molar-refractivity contribution in [1.82, 2.24) is 15.0 Å². The standard InChI is InChI=1S/C13H17N3O3S/c1-10-7-15-6-5-11(10)8-16-20(17,18)13-4-3-12(19-13)9-14-2/h3-7,14,16H,8-9H2,1-2H3. The average molecular weight is 295 g/mol. The topological polar surface area (TPSA) is 84.2 Å². The predicted octanol–water partition coefficient (Wildman–Crippen LogP) is 1.18. The van der Waals surface area contributed by atoms with Crippen molar-refractivity contribution in [3.8, 4) is 0 Å². The summed E-state index contributed by atoms with van der Waals surface area (Å²) < 4.78 is 32.0. The molecule has 2 aromatic heterocycles. The Balaban J connectivity index is 2.09. The van der Waals surface area contributed by atoms with Crippen molar-refractivity contribution in [3.05, 3.63) is 47.5 Å². The van der Waals surface area contributed by atoms with Crippen molar-refractivity contribution in [2.45, 2.75) is 25.1 Å². The number of hydrogen-bond acceptors (Lipinski definition) is 5. The number of hydrogen-bond donors (Lipinski definition) is 2. The molecule has 0 radical (unpaired) electrons. The second-order valence-corrected chi connectivity index (χ2v) is 6.08. The molecule has 0 fully saturated rings. The van der Waals surface area contributed by atoms with Gasteiger partial charge in [0.05, 0.1) is 6.54 Å². The van der Waals surface area contributed by atoms with Crippen LogP contribution in [0.15, 0.2) is 40.1 Å². The summed E-state index contributed by atoms with van der Waals surface area (Å²) in [4.78, 5) is 3.97. The fourth-order valence-corrected chi connectivity index (χ4v) is 2.67. The number of nitrogens with one attached hydrogen (secondary N) is 2. The zero-order valence-electron chi connectivity index (χ0n) is 11.4. The highest BCUT2D eigenvalue weighted by molar-refractivity contribution is 7.89. The van der Waals surface area contributed by atoms with E-state index in [1.165, 1.54) is 6.07 Å². The number of aromatic nitrogens is 1. The Morgan fingerprint density at radius 2 is 2.05 bits per heavy atom. The van der Waals surface area contributed by atoms with Crippen LogP contribution in [-0.4, -0.2) is 20.4 Å². The minimum Gasteiger partial charge on any atom is -0.447 e. The summed E-state index contributed by atoms with van der Waals surface area (Å²) >= 11 is 0. The number of aryl methyl sites for hydroxylation is 1. The van der Waals surface area contributed by atoms with Crippen molar-refractivity contribution < 1.29 is 12.8 Å². The van der Waals surface area contributed by atoms with Crippen LogP contribution in [-0.2, 0) is 23.1 Å². The summed E-state index contributed by atoms with van der Waals surface area (Å²) in [5, 5.41) is 2.82. The lowest BCUT2D eigenvalue weighted by Crippen LogP contribution is -2.23. The smallest absolute Gasteiger partial charge is 0.274 e. The second-order valence-electron chi connectivity index (χ2n) is 4.38. The fraction of sp³-hybridized carbons (Fsp3) is 0.308. The van der Waals surface area contributed by atoms with Crippen LogP contribution in [0.25, 0.3) is 0 Å². The van der Waals surface area contributed by atoms with Gasteiger partial charge in [0.15, 0.2) is 0 Å². The SMILES string of the molecule is CNCc1ccc(S(=O)(=O)NCc2ccncc2C)o1. The molecule has 2 N–H and O–H groups in total. The number of rotatable bonds is 6. The quantitative estimate of drug-likeness (QED) is 0.836. The van der Waals surface area contributed by atoms with Crippen LogP contribution in [0.2, 0.25) is 0 Å². The van der Waals surface area contributed by atoms with Crippen molar-refractivity contribution in [3.63, 3.8) is 0 Å². The van der Waals surface area contributed by atoms with Gasteiger partial charge in [0.2, 0.25) is 5.09 Å². The van der Waals surface area contributed by atoms with Crippen molar-refractivity contribution in [2.75, 3.05) is 7.05 Å². The molecule has 0 bridgehead atoms. The van der Waals surface area contributed by atoms with Gasteiger partial charge < -0.3 is 9.73 Å². The molecule has 0 aliphatic rings. The lowest BCUT2D eigenvalue weighted by Gasteiger charge is -2.06. The Kier molecular flexibility index (Phi) is 4.53. The molecule has 2 rings (SSSR count). The lowest BCUT2D eigenvalue weighted by atomic mass is 10.2. The molecule has 0 saturated heterocycles. The van der Waals surface area contributed by atoms with Gasteiger partial charge in [-0.1, -0.05) is 0 Å². The average Bonchev–Trinajstić information content (AvgIpc) is 2.88. The predicted molar refractivity (Wildman–Crippen MR) is 74.5 cm³/mol. The van der Waals surface area contributed by atoms with Crippen LogP contribution in [0.5, 0.6) is 0 Å². The van der Waals surface area contributed by atoms with E-state index < -0.39 is 10.0 Å². The van der Waals surface area contributed by atoms with E-state index in [0.717, 1.165) is 11.1 Å². The van der Waals surface area contributed by atoms with Crippen molar-refractivity contribution in [1.29, 1.82) is 0 Å². The molecule has 6 nitrogen and oxygen atoms in total. The van der Waals surface area contributed by atoms with Crippen LogP contribution in [0.4, 0.5) is 0 Å². The molecule has 0 atom stereocenters. The van der Waals surface area contributed by atoms with E-state index in [-0.39, 0.29) is 11.6 Å². The summed E-state index contributed by atoms with van der Waals surface area (Å²) in [6, 6.07) is 4.88. The van der Waals surface area contributed by atoms with Gasteiger partial charge in [0, 0.05) is 18.9 Å². The minimum absolute atomic E-state index is 0.0746. The number of furan rings is 1. The Hall–Kier alpha value is -1.70. The maximum atomic E-state index is 12.1. The summed E-state index contributed by atoms with van der Waals surface area (Å²) in [6.45, 7) is 2.58. The van der Waals surface area contributed by atoms with E-state index in [4.69, 9.17) is 4.42 Å². The molecule has 0 aliphatic heterocycles. The second kappa shape index (κ2) is 6.17. The summed E-state index contributed by atoms with van der Waals surface area (Å²) in [6.07, 6.45) is 3.33. The van der Waals surface area contributed by atoms with Crippen LogP contribution in [0.3, 0.4) is 0 Å². The monoisotopic (exact) mass is 295 g/mol. The maximum Gasteiger partial charge on any atom is 0.274 e. The molecule has 0 saturated carbocycles. The summed E-state index contributed by atoms with van der Waals surface area (Å²) in [5.74, 6) is 0.577. The van der Waals surface area contributed by atoms with Gasteiger partial charge >= 0.3 is 0 Å². The van der Waals surface area contributed by atoms with Gasteiger partial charge in [-0.05, 0) is 43.3 Å². The third-order valence-electron chi connectivity index (χ3n) is 2.84. The van der Waals surface area contributed by atoms with Gasteiger partial charge in [0.1, 0.15) is 5.76 Å². The van der Waals surface area contributed by atoms with Crippen LogP contribution in [0, 0.1) is 6.92 Å².